The van der Waals surface area contributed by atoms with Crippen LogP contribution in [0, 0.1) is 5.82 Å². The number of carbonyl (C=O) groups excluding carboxylic acids is 1. The van der Waals surface area contributed by atoms with Crippen LogP contribution in [0.3, 0.4) is 0 Å². The SMILES string of the molecule is CN(C)C1(N(C=O)C2CCC(n3c(=O)c4cc(F)cnc4n(-c4cccc(-c5ccccc5)c4)c3=O)CC2)CC1. The molecule has 2 aliphatic rings. The van der Waals surface area contributed by atoms with Crippen molar-refractivity contribution < 1.29 is 9.18 Å². The predicted molar refractivity (Wildman–Crippen MR) is 152 cm³/mol. The van der Waals surface area contributed by atoms with Gasteiger partial charge in [0, 0.05) is 12.1 Å². The average molecular weight is 542 g/mol. The summed E-state index contributed by atoms with van der Waals surface area (Å²) in [7, 11) is 3.98. The minimum atomic E-state index is -0.636. The first-order valence-corrected chi connectivity index (χ1v) is 13.7. The summed E-state index contributed by atoms with van der Waals surface area (Å²) in [5.41, 5.74) is 1.29. The largest absolute Gasteiger partial charge is 0.337 e. The monoisotopic (exact) mass is 541 g/mol. The van der Waals surface area contributed by atoms with E-state index in [1.807, 2.05) is 67.5 Å². The van der Waals surface area contributed by atoms with Crippen molar-refractivity contribution in [1.82, 2.24) is 23.9 Å². The van der Waals surface area contributed by atoms with Crippen molar-refractivity contribution in [2.45, 2.75) is 56.3 Å². The van der Waals surface area contributed by atoms with Gasteiger partial charge in [0.25, 0.3) is 5.56 Å². The van der Waals surface area contributed by atoms with Crippen LogP contribution in [0.2, 0.25) is 0 Å². The molecule has 0 unspecified atom stereocenters. The zero-order chi connectivity index (χ0) is 28.0. The van der Waals surface area contributed by atoms with E-state index in [-0.39, 0.29) is 28.8 Å². The number of fused-ring (bicyclic) bond motifs is 1. The lowest BCUT2D eigenvalue weighted by atomic mass is 9.89. The number of hydrogen-bond acceptors (Lipinski definition) is 5. The van der Waals surface area contributed by atoms with Gasteiger partial charge in [-0.3, -0.25) is 19.1 Å². The van der Waals surface area contributed by atoms with Gasteiger partial charge in [-0.2, -0.15) is 0 Å². The number of hydrogen-bond donors (Lipinski definition) is 0. The van der Waals surface area contributed by atoms with E-state index in [1.54, 1.807) is 6.07 Å². The normalized spacial score (nSPS) is 20.0. The molecule has 0 saturated heterocycles. The van der Waals surface area contributed by atoms with Crippen LogP contribution in [0.1, 0.15) is 44.6 Å². The molecule has 2 heterocycles. The predicted octanol–water partition coefficient (Wildman–Crippen LogP) is 4.35. The van der Waals surface area contributed by atoms with Crippen LogP contribution in [0.5, 0.6) is 0 Å². The lowest BCUT2D eigenvalue weighted by Crippen LogP contribution is -2.53. The number of halogens is 1. The molecule has 0 aliphatic heterocycles. The third-order valence-corrected chi connectivity index (χ3v) is 8.65. The van der Waals surface area contributed by atoms with Crippen LogP contribution in [-0.2, 0) is 4.79 Å². The van der Waals surface area contributed by atoms with Gasteiger partial charge in [0.1, 0.15) is 5.82 Å². The molecular weight excluding hydrogens is 509 g/mol. The summed E-state index contributed by atoms with van der Waals surface area (Å²) < 4.78 is 17.0. The molecule has 0 spiro atoms. The van der Waals surface area contributed by atoms with Crippen molar-refractivity contribution in [2.24, 2.45) is 0 Å². The molecule has 1 amide bonds. The molecule has 2 aliphatic carbocycles. The van der Waals surface area contributed by atoms with Gasteiger partial charge in [0.05, 0.1) is 22.9 Å². The number of benzene rings is 2. The van der Waals surface area contributed by atoms with Crippen molar-refractivity contribution in [3.05, 3.63) is 93.5 Å². The average Bonchev–Trinajstić information content (AvgIpc) is 3.77. The number of carbonyl (C=O) groups is 1. The van der Waals surface area contributed by atoms with Crippen LogP contribution in [0.4, 0.5) is 4.39 Å². The molecule has 6 rings (SSSR count). The number of pyridine rings is 1. The van der Waals surface area contributed by atoms with E-state index in [9.17, 15) is 18.8 Å². The van der Waals surface area contributed by atoms with E-state index in [2.05, 4.69) is 9.88 Å². The van der Waals surface area contributed by atoms with Gasteiger partial charge in [0.2, 0.25) is 6.41 Å². The number of nitrogens with zero attached hydrogens (tertiary/aromatic N) is 5. The van der Waals surface area contributed by atoms with Gasteiger partial charge in [-0.15, -0.1) is 0 Å². The van der Waals surface area contributed by atoms with E-state index in [0.717, 1.165) is 42.6 Å². The second-order valence-corrected chi connectivity index (χ2v) is 11.1. The molecule has 9 heteroatoms. The molecule has 2 saturated carbocycles. The van der Waals surface area contributed by atoms with Crippen molar-refractivity contribution in [3.8, 4) is 16.8 Å². The number of aromatic nitrogens is 3. The van der Waals surface area contributed by atoms with Crippen LogP contribution in [0.25, 0.3) is 27.8 Å². The highest BCUT2D eigenvalue weighted by Crippen LogP contribution is 2.46. The molecule has 206 valence electrons. The molecule has 4 aromatic rings. The Balaban J connectivity index is 1.41. The maximum Gasteiger partial charge on any atom is 0.337 e. The Morgan fingerprint density at radius 3 is 2.30 bits per heavy atom. The Morgan fingerprint density at radius 1 is 0.950 bits per heavy atom. The third-order valence-electron chi connectivity index (χ3n) is 8.65. The summed E-state index contributed by atoms with van der Waals surface area (Å²) in [6.45, 7) is 0. The lowest BCUT2D eigenvalue weighted by molar-refractivity contribution is -0.129. The zero-order valence-corrected chi connectivity index (χ0v) is 22.7. The molecule has 0 atom stereocenters. The molecule has 2 aromatic heterocycles. The minimum absolute atomic E-state index is 0.0405. The first-order valence-electron chi connectivity index (χ1n) is 13.7. The van der Waals surface area contributed by atoms with Crippen molar-refractivity contribution >= 4 is 17.4 Å². The third kappa shape index (κ3) is 4.34. The second kappa shape index (κ2) is 10.1. The molecular formula is C31H32FN5O3. The number of rotatable bonds is 7. The fourth-order valence-corrected chi connectivity index (χ4v) is 6.36. The summed E-state index contributed by atoms with van der Waals surface area (Å²) in [5.74, 6) is -0.636. The quantitative estimate of drug-likeness (QED) is 0.257. The highest BCUT2D eigenvalue weighted by atomic mass is 19.1. The molecule has 0 N–H and O–H groups in total. The first-order chi connectivity index (χ1) is 19.3. The van der Waals surface area contributed by atoms with Crippen LogP contribution >= 0.6 is 0 Å². The van der Waals surface area contributed by atoms with E-state index >= 15 is 0 Å². The Bertz CT molecular complexity index is 1690. The van der Waals surface area contributed by atoms with Crippen molar-refractivity contribution in [2.75, 3.05) is 14.1 Å². The van der Waals surface area contributed by atoms with Crippen LogP contribution in [0.15, 0.2) is 76.4 Å². The second-order valence-electron chi connectivity index (χ2n) is 11.1. The molecule has 8 nitrogen and oxygen atoms in total. The lowest BCUT2D eigenvalue weighted by Gasteiger charge is -2.42. The van der Waals surface area contributed by atoms with Gasteiger partial charge in [-0.25, -0.2) is 18.7 Å². The fourth-order valence-electron chi connectivity index (χ4n) is 6.36. The Morgan fingerprint density at radius 2 is 1.65 bits per heavy atom. The van der Waals surface area contributed by atoms with Gasteiger partial charge < -0.3 is 4.90 Å². The smallest absolute Gasteiger partial charge is 0.324 e. The maximum atomic E-state index is 14.3. The van der Waals surface area contributed by atoms with Crippen molar-refractivity contribution in [3.63, 3.8) is 0 Å². The van der Waals surface area contributed by atoms with E-state index in [1.165, 1.54) is 9.13 Å². The summed E-state index contributed by atoms with van der Waals surface area (Å²) in [6.07, 6.45) is 6.32. The summed E-state index contributed by atoms with van der Waals surface area (Å²) in [5, 5.41) is 0.0610. The Hall–Kier alpha value is -4.11. The minimum Gasteiger partial charge on any atom is -0.324 e. The van der Waals surface area contributed by atoms with E-state index in [4.69, 9.17) is 0 Å². The number of amides is 1. The molecule has 2 aromatic carbocycles. The standard InChI is InChI=1S/C31H32FN5O3/c1-34(2)31(15-16-31)35(20-38)24-11-13-25(14-12-24)37-29(39)27-18-23(32)19-33-28(27)36(30(37)40)26-10-6-9-22(17-26)21-7-4-3-5-8-21/h3-10,17-20,24-25H,11-16H2,1-2H3. The van der Waals surface area contributed by atoms with E-state index < -0.39 is 17.1 Å². The topological polar surface area (TPSA) is 80.4 Å². The van der Waals surface area contributed by atoms with Crippen LogP contribution < -0.4 is 11.2 Å². The molecule has 0 bridgehead atoms. The summed E-state index contributed by atoms with van der Waals surface area (Å²) in [6, 6.07) is 18.1. The van der Waals surface area contributed by atoms with Crippen molar-refractivity contribution in [1.29, 1.82) is 0 Å². The van der Waals surface area contributed by atoms with Gasteiger partial charge >= 0.3 is 5.69 Å². The molecule has 40 heavy (non-hydrogen) atoms. The first kappa shape index (κ1) is 26.1. The fraction of sp³-hybridized carbons (Fsp3) is 0.355. The highest BCUT2D eigenvalue weighted by molar-refractivity contribution is 5.76. The Kier molecular flexibility index (Phi) is 6.62. The maximum absolute atomic E-state index is 14.3. The van der Waals surface area contributed by atoms with Gasteiger partial charge in [-0.1, -0.05) is 42.5 Å². The van der Waals surface area contributed by atoms with Gasteiger partial charge in [-0.05, 0) is 81.9 Å². The van der Waals surface area contributed by atoms with Gasteiger partial charge in [0.15, 0.2) is 5.65 Å². The zero-order valence-electron chi connectivity index (χ0n) is 22.7. The summed E-state index contributed by atoms with van der Waals surface area (Å²) in [4.78, 5) is 48.1. The van der Waals surface area contributed by atoms with Crippen LogP contribution in [-0.4, -0.2) is 56.1 Å². The molecule has 2 fully saturated rings. The Labute approximate surface area is 231 Å². The summed E-state index contributed by atoms with van der Waals surface area (Å²) >= 11 is 0. The van der Waals surface area contributed by atoms with E-state index in [0.29, 0.717) is 31.4 Å². The molecule has 0 radical (unpaired) electrons. The highest BCUT2D eigenvalue weighted by Gasteiger charge is 2.52.